The Labute approximate surface area is 200 Å². The average Bonchev–Trinajstić information content (AvgIpc) is 2.89. The number of aromatic nitrogens is 1. The molecule has 3 aromatic rings. The quantitative estimate of drug-likeness (QED) is 0.194. The van der Waals surface area contributed by atoms with Gasteiger partial charge in [-0.15, -0.1) is 0 Å². The summed E-state index contributed by atoms with van der Waals surface area (Å²) in [5.74, 6) is 7.41. The molecule has 1 aromatic heterocycles. The fourth-order valence-corrected chi connectivity index (χ4v) is 3.40. The van der Waals surface area contributed by atoms with Crippen LogP contribution >= 0.6 is 0 Å². The van der Waals surface area contributed by atoms with Crippen molar-refractivity contribution in [2.75, 3.05) is 7.11 Å². The largest absolute Gasteiger partial charge is 0.496 e. The molecule has 8 nitrogen and oxygen atoms in total. The van der Waals surface area contributed by atoms with Gasteiger partial charge in [0.15, 0.2) is 11.7 Å². The minimum Gasteiger partial charge on any atom is -0.496 e. The molecule has 0 amide bonds. The molecule has 0 atom stereocenters. The maximum atomic E-state index is 6.18. The summed E-state index contributed by atoms with van der Waals surface area (Å²) in [7, 11) is 1.63. The summed E-state index contributed by atoms with van der Waals surface area (Å²) >= 11 is 0. The lowest BCUT2D eigenvalue weighted by atomic mass is 10.0. The van der Waals surface area contributed by atoms with Gasteiger partial charge in [0.1, 0.15) is 11.6 Å². The van der Waals surface area contributed by atoms with E-state index in [4.69, 9.17) is 27.0 Å². The zero-order chi connectivity index (χ0) is 24.3. The molecule has 0 aliphatic heterocycles. The number of unbranched alkanes of at least 4 members (excludes halogenated alkanes) is 1. The van der Waals surface area contributed by atoms with Gasteiger partial charge in [0.25, 0.3) is 0 Å². The van der Waals surface area contributed by atoms with E-state index in [0.29, 0.717) is 24.0 Å². The molecule has 0 saturated heterocycles. The topological polar surface area (TPSA) is 137 Å². The number of nitrogens with zero attached hydrogens (tertiary/aromatic N) is 4. The zero-order valence-electron chi connectivity index (χ0n) is 19.6. The number of para-hydroxylation sites is 1. The lowest BCUT2D eigenvalue weighted by Gasteiger charge is -2.10. The van der Waals surface area contributed by atoms with E-state index in [1.54, 1.807) is 13.3 Å². The van der Waals surface area contributed by atoms with Crippen LogP contribution in [0.25, 0.3) is 11.3 Å². The standard InChI is InChI=1S/C26H31N7O/c1-3-4-13-24(27)32-26(21-11-7-8-12-23(21)34-2)31-17-18-14-15-22(30-16-18)19-9-5-6-10-20(19)25(28)33-29/h5-12,14-16H,3-4,13,17,29H2,1-2H3,(H2,28,33)(H2,27,31,32). The average molecular weight is 458 g/mol. The highest BCUT2D eigenvalue weighted by Gasteiger charge is 2.11. The summed E-state index contributed by atoms with van der Waals surface area (Å²) in [5.41, 5.74) is 16.2. The van der Waals surface area contributed by atoms with E-state index in [2.05, 4.69) is 22.0 Å². The van der Waals surface area contributed by atoms with Gasteiger partial charge in [-0.3, -0.25) is 9.98 Å². The Morgan fingerprint density at radius 1 is 0.971 bits per heavy atom. The van der Waals surface area contributed by atoms with Crippen LogP contribution in [0.15, 0.2) is 81.9 Å². The number of hydrogen-bond acceptors (Lipinski definition) is 5. The molecular formula is C26H31N7O. The number of amidine groups is 3. The molecule has 0 radical (unpaired) electrons. The van der Waals surface area contributed by atoms with Gasteiger partial charge >= 0.3 is 0 Å². The molecule has 34 heavy (non-hydrogen) atoms. The number of pyridine rings is 1. The number of nitrogens with two attached hydrogens (primary N) is 3. The van der Waals surface area contributed by atoms with Crippen LogP contribution in [0.2, 0.25) is 0 Å². The minimum absolute atomic E-state index is 0.256. The highest BCUT2D eigenvalue weighted by Crippen LogP contribution is 2.23. The van der Waals surface area contributed by atoms with E-state index in [1.165, 1.54) is 0 Å². The summed E-state index contributed by atoms with van der Waals surface area (Å²) in [6.45, 7) is 2.51. The molecule has 0 aliphatic rings. The third kappa shape index (κ3) is 6.19. The van der Waals surface area contributed by atoms with E-state index in [0.717, 1.165) is 47.2 Å². The third-order valence-electron chi connectivity index (χ3n) is 5.24. The second-order valence-electron chi connectivity index (χ2n) is 7.66. The Kier molecular flexibility index (Phi) is 8.73. The van der Waals surface area contributed by atoms with E-state index < -0.39 is 0 Å². The smallest absolute Gasteiger partial charge is 0.160 e. The second-order valence-corrected chi connectivity index (χ2v) is 7.66. The van der Waals surface area contributed by atoms with Crippen LogP contribution < -0.4 is 22.0 Å². The number of methoxy groups -OCH3 is 1. The first-order chi connectivity index (χ1) is 16.6. The Morgan fingerprint density at radius 3 is 2.38 bits per heavy atom. The predicted octanol–water partition coefficient (Wildman–Crippen LogP) is 3.83. The zero-order valence-corrected chi connectivity index (χ0v) is 19.6. The third-order valence-corrected chi connectivity index (χ3v) is 5.24. The molecule has 8 heteroatoms. The van der Waals surface area contributed by atoms with Crippen molar-refractivity contribution in [3.63, 3.8) is 0 Å². The molecule has 6 N–H and O–H groups in total. The number of ether oxygens (including phenoxy) is 1. The fraction of sp³-hybridized carbons (Fsp3) is 0.231. The Hall–Kier alpha value is -4.20. The van der Waals surface area contributed by atoms with Crippen LogP contribution in [0.4, 0.5) is 0 Å². The van der Waals surface area contributed by atoms with E-state index in [9.17, 15) is 0 Å². The molecule has 2 aromatic carbocycles. The minimum atomic E-state index is 0.256. The molecule has 0 aliphatic carbocycles. The van der Waals surface area contributed by atoms with Gasteiger partial charge in [-0.2, -0.15) is 5.10 Å². The molecular weight excluding hydrogens is 426 g/mol. The summed E-state index contributed by atoms with van der Waals surface area (Å²) in [4.78, 5) is 14.0. The molecule has 3 rings (SSSR count). The number of hydrazone groups is 1. The molecule has 0 saturated carbocycles. The predicted molar refractivity (Wildman–Crippen MR) is 139 cm³/mol. The van der Waals surface area contributed by atoms with Crippen molar-refractivity contribution in [2.24, 2.45) is 32.4 Å². The van der Waals surface area contributed by atoms with Crippen molar-refractivity contribution in [1.82, 2.24) is 4.98 Å². The first-order valence-corrected chi connectivity index (χ1v) is 11.2. The van der Waals surface area contributed by atoms with Crippen LogP contribution in [0.5, 0.6) is 5.75 Å². The summed E-state index contributed by atoms with van der Waals surface area (Å²) in [6.07, 6.45) is 4.52. The molecule has 0 fully saturated rings. The van der Waals surface area contributed by atoms with E-state index >= 15 is 0 Å². The van der Waals surface area contributed by atoms with Gasteiger partial charge < -0.3 is 22.0 Å². The van der Waals surface area contributed by atoms with Crippen molar-refractivity contribution in [1.29, 1.82) is 0 Å². The number of hydrogen-bond donors (Lipinski definition) is 3. The molecule has 176 valence electrons. The van der Waals surface area contributed by atoms with Crippen molar-refractivity contribution < 1.29 is 4.74 Å². The molecule has 0 unspecified atom stereocenters. The van der Waals surface area contributed by atoms with Gasteiger partial charge in [-0.1, -0.05) is 55.8 Å². The Balaban J connectivity index is 1.90. The molecule has 0 bridgehead atoms. The maximum Gasteiger partial charge on any atom is 0.160 e. The second kappa shape index (κ2) is 12.2. The van der Waals surface area contributed by atoms with E-state index in [1.807, 2.05) is 60.7 Å². The molecule has 0 spiro atoms. The van der Waals surface area contributed by atoms with Crippen LogP contribution in [0.1, 0.15) is 42.9 Å². The SMILES string of the molecule is CCCCC(N)=NC(=NCc1ccc(-c2ccccc2/C(N)=N/N)nc1)c1ccccc1OC. The van der Waals surface area contributed by atoms with Gasteiger partial charge in [-0.05, 0) is 30.2 Å². The van der Waals surface area contributed by atoms with Crippen molar-refractivity contribution in [3.05, 3.63) is 83.6 Å². The number of aliphatic imine (C=N–C) groups is 2. The van der Waals surface area contributed by atoms with Crippen LogP contribution in [-0.4, -0.2) is 29.6 Å². The summed E-state index contributed by atoms with van der Waals surface area (Å²) < 4.78 is 5.51. The summed E-state index contributed by atoms with van der Waals surface area (Å²) in [6, 6.07) is 19.1. The van der Waals surface area contributed by atoms with Gasteiger partial charge in [0.05, 0.1) is 24.9 Å². The summed E-state index contributed by atoms with van der Waals surface area (Å²) in [5, 5.41) is 3.61. The first-order valence-electron chi connectivity index (χ1n) is 11.2. The van der Waals surface area contributed by atoms with Crippen LogP contribution in [0, 0.1) is 0 Å². The Morgan fingerprint density at radius 2 is 1.71 bits per heavy atom. The van der Waals surface area contributed by atoms with Gasteiger partial charge in [0.2, 0.25) is 0 Å². The van der Waals surface area contributed by atoms with Crippen LogP contribution in [0.3, 0.4) is 0 Å². The lowest BCUT2D eigenvalue weighted by molar-refractivity contribution is 0.414. The van der Waals surface area contributed by atoms with Gasteiger partial charge in [0, 0.05) is 23.7 Å². The lowest BCUT2D eigenvalue weighted by Crippen LogP contribution is -2.16. The number of benzene rings is 2. The fourth-order valence-electron chi connectivity index (χ4n) is 3.40. The monoisotopic (exact) mass is 457 g/mol. The Bertz CT molecular complexity index is 1180. The highest BCUT2D eigenvalue weighted by molar-refractivity contribution is 6.07. The normalized spacial score (nSPS) is 12.6. The maximum absolute atomic E-state index is 6.18. The van der Waals surface area contributed by atoms with Crippen molar-refractivity contribution in [3.8, 4) is 17.0 Å². The van der Waals surface area contributed by atoms with Crippen LogP contribution in [-0.2, 0) is 6.54 Å². The first kappa shape index (κ1) is 24.4. The van der Waals surface area contributed by atoms with E-state index in [-0.39, 0.29) is 5.84 Å². The molecule has 1 heterocycles. The van der Waals surface area contributed by atoms with Crippen molar-refractivity contribution >= 4 is 17.5 Å². The van der Waals surface area contributed by atoms with Gasteiger partial charge in [-0.25, -0.2) is 4.99 Å². The number of rotatable bonds is 9. The highest BCUT2D eigenvalue weighted by atomic mass is 16.5. The van der Waals surface area contributed by atoms with Crippen molar-refractivity contribution in [2.45, 2.75) is 32.7 Å².